The van der Waals surface area contributed by atoms with Gasteiger partial charge in [-0.1, -0.05) is 19.9 Å². The topological polar surface area (TPSA) is 79.8 Å². The monoisotopic (exact) mass is 440 g/mol. The molecule has 0 bridgehead atoms. The van der Waals surface area contributed by atoms with Crippen LogP contribution in [0.25, 0.3) is 22.3 Å². The molecule has 33 heavy (non-hydrogen) atoms. The number of ether oxygens (including phenoxy) is 1. The van der Waals surface area contributed by atoms with Crippen LogP contribution in [-0.2, 0) is 19.4 Å². The van der Waals surface area contributed by atoms with Crippen LogP contribution < -0.4 is 9.64 Å². The summed E-state index contributed by atoms with van der Waals surface area (Å²) in [7, 11) is 0. The van der Waals surface area contributed by atoms with Crippen molar-refractivity contribution in [3.8, 4) is 16.9 Å². The van der Waals surface area contributed by atoms with E-state index in [0.29, 0.717) is 12.0 Å². The van der Waals surface area contributed by atoms with Crippen molar-refractivity contribution >= 4 is 17.0 Å². The van der Waals surface area contributed by atoms with Gasteiger partial charge in [0.15, 0.2) is 5.65 Å². The van der Waals surface area contributed by atoms with Gasteiger partial charge in [0.05, 0.1) is 12.1 Å². The van der Waals surface area contributed by atoms with Gasteiger partial charge in [0.1, 0.15) is 30.3 Å². The molecule has 1 aliphatic carbocycles. The fourth-order valence-corrected chi connectivity index (χ4v) is 5.06. The zero-order valence-corrected chi connectivity index (χ0v) is 19.4. The molecule has 7 nitrogen and oxygen atoms in total. The number of nitrogens with zero attached hydrogens (tertiary/aromatic N) is 5. The highest BCUT2D eigenvalue weighted by Gasteiger charge is 2.30. The van der Waals surface area contributed by atoms with Crippen LogP contribution in [0.4, 0.5) is 5.82 Å². The van der Waals surface area contributed by atoms with Crippen molar-refractivity contribution < 1.29 is 4.74 Å². The lowest BCUT2D eigenvalue weighted by Crippen LogP contribution is -2.30. The maximum atomic E-state index is 6.12. The van der Waals surface area contributed by atoms with Crippen LogP contribution in [0.2, 0.25) is 0 Å². The highest BCUT2D eigenvalue weighted by molar-refractivity contribution is 5.78. The van der Waals surface area contributed by atoms with Crippen molar-refractivity contribution in [2.24, 2.45) is 5.41 Å². The van der Waals surface area contributed by atoms with E-state index in [-0.39, 0.29) is 0 Å². The Balaban J connectivity index is 1.35. The zero-order chi connectivity index (χ0) is 22.6. The minimum atomic E-state index is 0.296. The van der Waals surface area contributed by atoms with Gasteiger partial charge in [-0.05, 0) is 55.4 Å². The number of hydrogen-bond donors (Lipinski definition) is 1. The van der Waals surface area contributed by atoms with E-state index in [1.807, 2.05) is 13.1 Å². The summed E-state index contributed by atoms with van der Waals surface area (Å²) in [6, 6.07) is 8.52. The van der Waals surface area contributed by atoms with Gasteiger partial charge in [-0.15, -0.1) is 0 Å². The molecule has 7 heteroatoms. The first-order valence-electron chi connectivity index (χ1n) is 11.6. The van der Waals surface area contributed by atoms with Crippen LogP contribution in [0.3, 0.4) is 0 Å². The summed E-state index contributed by atoms with van der Waals surface area (Å²) < 4.78 is 6.12. The molecule has 0 unspecified atom stereocenters. The van der Waals surface area contributed by atoms with Crippen molar-refractivity contribution in [3.05, 3.63) is 59.4 Å². The van der Waals surface area contributed by atoms with E-state index in [1.54, 1.807) is 6.33 Å². The highest BCUT2D eigenvalue weighted by atomic mass is 16.5. The number of aryl methyl sites for hydroxylation is 1. The number of benzene rings is 1. The normalized spacial score (nSPS) is 17.2. The first-order chi connectivity index (χ1) is 15.9. The number of imidazole rings is 1. The van der Waals surface area contributed by atoms with E-state index in [4.69, 9.17) is 9.72 Å². The number of pyridine rings is 1. The Kier molecular flexibility index (Phi) is 4.60. The first-order valence-corrected chi connectivity index (χ1v) is 11.6. The molecule has 6 rings (SSSR count). The van der Waals surface area contributed by atoms with Gasteiger partial charge in [-0.3, -0.25) is 0 Å². The number of aromatic nitrogens is 5. The summed E-state index contributed by atoms with van der Waals surface area (Å²) in [6.07, 6.45) is 6.81. The van der Waals surface area contributed by atoms with Gasteiger partial charge in [-0.25, -0.2) is 19.9 Å². The molecule has 168 valence electrons. The molecule has 0 radical (unpaired) electrons. The fraction of sp³-hybridized carbons (Fsp3) is 0.385. The summed E-state index contributed by atoms with van der Waals surface area (Å²) in [5, 5.41) is 0. The van der Waals surface area contributed by atoms with Gasteiger partial charge in [0, 0.05) is 35.1 Å². The third kappa shape index (κ3) is 3.71. The molecule has 0 spiro atoms. The van der Waals surface area contributed by atoms with Crippen LogP contribution in [0.1, 0.15) is 42.9 Å². The van der Waals surface area contributed by atoms with Crippen molar-refractivity contribution in [1.29, 1.82) is 0 Å². The van der Waals surface area contributed by atoms with E-state index in [0.717, 1.165) is 77.6 Å². The third-order valence-corrected chi connectivity index (χ3v) is 6.84. The van der Waals surface area contributed by atoms with Crippen LogP contribution in [-0.4, -0.2) is 38.1 Å². The molecule has 4 aromatic rings. The molecule has 0 saturated carbocycles. The Morgan fingerprint density at radius 2 is 2.00 bits per heavy atom. The lowest BCUT2D eigenvalue weighted by Gasteiger charge is -2.33. The molecule has 0 amide bonds. The molecule has 0 fully saturated rings. The van der Waals surface area contributed by atoms with Crippen LogP contribution in [0.5, 0.6) is 5.75 Å². The number of rotatable bonds is 2. The predicted octanol–water partition coefficient (Wildman–Crippen LogP) is 4.64. The Hall–Kier alpha value is -3.48. The molecular weight excluding hydrogens is 412 g/mol. The molecule has 1 aromatic carbocycles. The van der Waals surface area contributed by atoms with Gasteiger partial charge >= 0.3 is 0 Å². The van der Waals surface area contributed by atoms with Crippen LogP contribution >= 0.6 is 0 Å². The maximum absolute atomic E-state index is 6.12. The number of hydrogen-bond acceptors (Lipinski definition) is 6. The number of nitrogens with one attached hydrogen (secondary N) is 1. The molecule has 1 N–H and O–H groups in total. The smallest absolute Gasteiger partial charge is 0.177 e. The average molecular weight is 441 g/mol. The quantitative estimate of drug-likeness (QED) is 0.489. The largest absolute Gasteiger partial charge is 0.491 e. The lowest BCUT2D eigenvalue weighted by atomic mass is 9.76. The molecule has 0 atom stereocenters. The molecular formula is C26H28N6O. The Bertz CT molecular complexity index is 1360. The summed E-state index contributed by atoms with van der Waals surface area (Å²) >= 11 is 0. The van der Waals surface area contributed by atoms with Crippen molar-refractivity contribution in [2.75, 3.05) is 18.1 Å². The standard InChI is InChI=1S/C26H28N6O/c1-16-30-21-11-18(13-27-24(21)31-16)17-4-5-23-19(10-17)14-32(8-9-33-23)25-20-6-7-26(2,3)12-22(20)28-15-29-25/h4-5,10-11,13,15H,6-9,12,14H2,1-3H3,(H,27,30,31). The molecule has 3 aromatic heterocycles. The Morgan fingerprint density at radius 1 is 1.09 bits per heavy atom. The van der Waals surface area contributed by atoms with Crippen molar-refractivity contribution in [1.82, 2.24) is 24.9 Å². The maximum Gasteiger partial charge on any atom is 0.177 e. The fourth-order valence-electron chi connectivity index (χ4n) is 5.06. The Labute approximate surface area is 193 Å². The summed E-state index contributed by atoms with van der Waals surface area (Å²) in [6.45, 7) is 8.80. The zero-order valence-electron chi connectivity index (χ0n) is 19.4. The number of H-pyrrole nitrogens is 1. The summed E-state index contributed by atoms with van der Waals surface area (Å²) in [4.78, 5) is 23.9. The second-order valence-corrected chi connectivity index (χ2v) is 9.97. The van der Waals surface area contributed by atoms with E-state index < -0.39 is 0 Å². The molecule has 1 aliphatic heterocycles. The minimum Gasteiger partial charge on any atom is -0.491 e. The van der Waals surface area contributed by atoms with E-state index in [1.165, 1.54) is 11.3 Å². The lowest BCUT2D eigenvalue weighted by molar-refractivity contribution is 0.309. The first kappa shape index (κ1) is 20.1. The molecule has 2 aliphatic rings. The molecule has 4 heterocycles. The minimum absolute atomic E-state index is 0.296. The van der Waals surface area contributed by atoms with Crippen LogP contribution in [0, 0.1) is 12.3 Å². The highest BCUT2D eigenvalue weighted by Crippen LogP contribution is 2.38. The number of aromatic amines is 1. The predicted molar refractivity (Wildman–Crippen MR) is 128 cm³/mol. The van der Waals surface area contributed by atoms with E-state index in [2.05, 4.69) is 62.9 Å². The summed E-state index contributed by atoms with van der Waals surface area (Å²) in [5.74, 6) is 2.88. The average Bonchev–Trinajstić information content (AvgIpc) is 3.03. The molecule has 0 saturated heterocycles. The Morgan fingerprint density at radius 3 is 2.91 bits per heavy atom. The summed E-state index contributed by atoms with van der Waals surface area (Å²) in [5.41, 5.74) is 7.84. The second-order valence-electron chi connectivity index (χ2n) is 9.97. The van der Waals surface area contributed by atoms with Gasteiger partial charge in [0.2, 0.25) is 0 Å². The SMILES string of the molecule is Cc1nc2ncc(-c3ccc4c(c3)CN(c3ncnc5c3CCC(C)(C)C5)CCO4)cc2[nH]1. The van der Waals surface area contributed by atoms with Gasteiger partial charge in [-0.2, -0.15) is 0 Å². The van der Waals surface area contributed by atoms with Crippen LogP contribution in [0.15, 0.2) is 36.8 Å². The number of fused-ring (bicyclic) bond motifs is 3. The van der Waals surface area contributed by atoms with E-state index >= 15 is 0 Å². The van der Waals surface area contributed by atoms with Gasteiger partial charge < -0.3 is 14.6 Å². The van der Waals surface area contributed by atoms with Crippen molar-refractivity contribution in [3.63, 3.8) is 0 Å². The second kappa shape index (κ2) is 7.54. The number of anilines is 1. The van der Waals surface area contributed by atoms with Gasteiger partial charge in [0.25, 0.3) is 0 Å². The third-order valence-electron chi connectivity index (χ3n) is 6.84. The van der Waals surface area contributed by atoms with E-state index in [9.17, 15) is 0 Å². The van der Waals surface area contributed by atoms with Crippen molar-refractivity contribution in [2.45, 2.75) is 46.6 Å².